The van der Waals surface area contributed by atoms with Gasteiger partial charge in [0.05, 0.1) is 19.9 Å². The summed E-state index contributed by atoms with van der Waals surface area (Å²) in [5.41, 5.74) is 1.89. The first-order valence-electron chi connectivity index (χ1n) is 8.79. The molecule has 1 aliphatic heterocycles. The highest BCUT2D eigenvalue weighted by atomic mass is 16.5. The number of methoxy groups -OCH3 is 2. The van der Waals surface area contributed by atoms with E-state index in [2.05, 4.69) is 17.1 Å². The van der Waals surface area contributed by atoms with Crippen LogP contribution in [0.3, 0.4) is 0 Å². The minimum absolute atomic E-state index is 0.561. The second-order valence-electron chi connectivity index (χ2n) is 6.39. The zero-order valence-electron chi connectivity index (χ0n) is 15.5. The molecule has 0 saturated carbocycles. The zero-order valence-corrected chi connectivity index (χ0v) is 15.5. The van der Waals surface area contributed by atoms with Gasteiger partial charge in [-0.05, 0) is 31.5 Å². The minimum atomic E-state index is 0.561. The molecule has 0 bridgehead atoms. The molecule has 1 fully saturated rings. The van der Waals surface area contributed by atoms with Crippen molar-refractivity contribution in [3.63, 3.8) is 0 Å². The van der Waals surface area contributed by atoms with Gasteiger partial charge < -0.3 is 19.2 Å². The molecule has 1 aromatic carbocycles. The van der Waals surface area contributed by atoms with Gasteiger partial charge in [0.1, 0.15) is 5.76 Å². The Balaban J connectivity index is 1.78. The summed E-state index contributed by atoms with van der Waals surface area (Å²) in [6.45, 7) is 8.13. The molecule has 6 heteroatoms. The van der Waals surface area contributed by atoms with E-state index in [-0.39, 0.29) is 0 Å². The summed E-state index contributed by atoms with van der Waals surface area (Å²) in [6.07, 6.45) is 1.14. The third-order valence-electron chi connectivity index (χ3n) is 4.73. The maximum absolute atomic E-state index is 5.92. The number of hydrogen-bond acceptors (Lipinski definition) is 6. The molecule has 2 heterocycles. The second-order valence-corrected chi connectivity index (χ2v) is 6.39. The van der Waals surface area contributed by atoms with Crippen LogP contribution in [0.2, 0.25) is 0 Å². The fourth-order valence-electron chi connectivity index (χ4n) is 3.19. The molecule has 6 nitrogen and oxygen atoms in total. The van der Waals surface area contributed by atoms with Gasteiger partial charge in [0.15, 0.2) is 11.5 Å². The van der Waals surface area contributed by atoms with Crippen LogP contribution in [0.15, 0.2) is 22.6 Å². The van der Waals surface area contributed by atoms with Crippen LogP contribution in [-0.2, 0) is 6.54 Å². The SMILES string of the molecule is CCC1CN(Cc2nc(-c3ccc(OC)c(OC)c3)oc2C)CCN1. The van der Waals surface area contributed by atoms with E-state index in [0.29, 0.717) is 23.4 Å². The average molecular weight is 345 g/mol. The third-order valence-corrected chi connectivity index (χ3v) is 4.73. The summed E-state index contributed by atoms with van der Waals surface area (Å²) in [7, 11) is 3.25. The third kappa shape index (κ3) is 3.96. The fraction of sp³-hybridized carbons (Fsp3) is 0.526. The number of hydrogen-bond donors (Lipinski definition) is 1. The van der Waals surface area contributed by atoms with Crippen molar-refractivity contribution in [1.29, 1.82) is 0 Å². The smallest absolute Gasteiger partial charge is 0.226 e. The van der Waals surface area contributed by atoms with E-state index in [1.54, 1.807) is 14.2 Å². The Morgan fingerprint density at radius 2 is 2.08 bits per heavy atom. The summed E-state index contributed by atoms with van der Waals surface area (Å²) in [5, 5.41) is 3.54. The number of ether oxygens (including phenoxy) is 2. The number of nitrogens with zero attached hydrogens (tertiary/aromatic N) is 2. The van der Waals surface area contributed by atoms with Crippen LogP contribution in [0.4, 0.5) is 0 Å². The number of aromatic nitrogens is 1. The summed E-state index contributed by atoms with van der Waals surface area (Å²) in [4.78, 5) is 7.17. The molecule has 1 aliphatic rings. The van der Waals surface area contributed by atoms with Crippen molar-refractivity contribution in [2.45, 2.75) is 32.9 Å². The van der Waals surface area contributed by atoms with E-state index in [4.69, 9.17) is 18.9 Å². The van der Waals surface area contributed by atoms with Crippen LogP contribution in [0, 0.1) is 6.92 Å². The molecule has 1 unspecified atom stereocenters. The van der Waals surface area contributed by atoms with Crippen molar-refractivity contribution in [3.8, 4) is 23.0 Å². The standard InChI is InChI=1S/C19H27N3O3/c1-5-15-11-22(9-8-20-15)12-16-13(2)25-19(21-16)14-6-7-17(23-3)18(10-14)24-4/h6-7,10,15,20H,5,8-9,11-12H2,1-4H3. The van der Waals surface area contributed by atoms with Crippen molar-refractivity contribution in [3.05, 3.63) is 29.7 Å². The van der Waals surface area contributed by atoms with Crippen molar-refractivity contribution in [1.82, 2.24) is 15.2 Å². The molecule has 1 N–H and O–H groups in total. The first kappa shape index (κ1) is 17.8. The van der Waals surface area contributed by atoms with Crippen LogP contribution < -0.4 is 14.8 Å². The van der Waals surface area contributed by atoms with E-state index in [1.165, 1.54) is 0 Å². The fourth-order valence-corrected chi connectivity index (χ4v) is 3.19. The van der Waals surface area contributed by atoms with Crippen LogP contribution in [0.5, 0.6) is 11.5 Å². The summed E-state index contributed by atoms with van der Waals surface area (Å²) in [6, 6.07) is 6.27. The number of aryl methyl sites for hydroxylation is 1. The van der Waals surface area contributed by atoms with Crippen molar-refractivity contribution in [2.75, 3.05) is 33.9 Å². The molecule has 1 aromatic heterocycles. The second kappa shape index (κ2) is 7.89. The van der Waals surface area contributed by atoms with E-state index < -0.39 is 0 Å². The first-order valence-corrected chi connectivity index (χ1v) is 8.79. The lowest BCUT2D eigenvalue weighted by molar-refractivity contribution is 0.187. The molecular formula is C19H27N3O3. The number of oxazole rings is 1. The Morgan fingerprint density at radius 1 is 1.28 bits per heavy atom. The first-order chi connectivity index (χ1) is 12.1. The van der Waals surface area contributed by atoms with Gasteiger partial charge in [0.25, 0.3) is 0 Å². The molecule has 2 aromatic rings. The molecule has 0 aliphatic carbocycles. The molecule has 25 heavy (non-hydrogen) atoms. The highest BCUT2D eigenvalue weighted by molar-refractivity contribution is 5.60. The average Bonchev–Trinajstić information content (AvgIpc) is 3.01. The van der Waals surface area contributed by atoms with Crippen LogP contribution in [-0.4, -0.2) is 49.8 Å². The number of nitrogens with one attached hydrogen (secondary N) is 1. The van der Waals surface area contributed by atoms with E-state index in [9.17, 15) is 0 Å². The summed E-state index contributed by atoms with van der Waals surface area (Å²) >= 11 is 0. The quantitative estimate of drug-likeness (QED) is 0.869. The summed E-state index contributed by atoms with van der Waals surface area (Å²) < 4.78 is 16.6. The molecular weight excluding hydrogens is 318 g/mol. The predicted octanol–water partition coefficient (Wildman–Crippen LogP) is 2.85. The lowest BCUT2D eigenvalue weighted by Crippen LogP contribution is -2.49. The largest absolute Gasteiger partial charge is 0.493 e. The molecule has 1 saturated heterocycles. The van der Waals surface area contributed by atoms with Gasteiger partial charge in [-0.15, -0.1) is 0 Å². The monoisotopic (exact) mass is 345 g/mol. The Morgan fingerprint density at radius 3 is 2.80 bits per heavy atom. The van der Waals surface area contributed by atoms with Crippen molar-refractivity contribution < 1.29 is 13.9 Å². The molecule has 0 amide bonds. The normalized spacial score (nSPS) is 18.3. The number of rotatable bonds is 6. The molecule has 1 atom stereocenters. The number of benzene rings is 1. The lowest BCUT2D eigenvalue weighted by atomic mass is 10.1. The maximum Gasteiger partial charge on any atom is 0.226 e. The van der Waals surface area contributed by atoms with Crippen LogP contribution >= 0.6 is 0 Å². The summed E-state index contributed by atoms with van der Waals surface area (Å²) in [5.74, 6) is 2.86. The topological polar surface area (TPSA) is 59.8 Å². The van der Waals surface area contributed by atoms with Gasteiger partial charge in [0.2, 0.25) is 5.89 Å². The van der Waals surface area contributed by atoms with Gasteiger partial charge in [-0.3, -0.25) is 4.90 Å². The molecule has 136 valence electrons. The van der Waals surface area contributed by atoms with Gasteiger partial charge >= 0.3 is 0 Å². The van der Waals surface area contributed by atoms with Crippen LogP contribution in [0.1, 0.15) is 24.8 Å². The van der Waals surface area contributed by atoms with E-state index in [1.807, 2.05) is 25.1 Å². The van der Waals surface area contributed by atoms with Gasteiger partial charge in [-0.1, -0.05) is 6.92 Å². The van der Waals surface area contributed by atoms with Crippen molar-refractivity contribution >= 4 is 0 Å². The van der Waals surface area contributed by atoms with Gasteiger partial charge in [0, 0.05) is 37.8 Å². The predicted molar refractivity (Wildman–Crippen MR) is 97.1 cm³/mol. The van der Waals surface area contributed by atoms with Gasteiger partial charge in [-0.25, -0.2) is 4.98 Å². The molecule has 0 spiro atoms. The highest BCUT2D eigenvalue weighted by Crippen LogP contribution is 2.32. The Hall–Kier alpha value is -2.05. The highest BCUT2D eigenvalue weighted by Gasteiger charge is 2.21. The lowest BCUT2D eigenvalue weighted by Gasteiger charge is -2.32. The van der Waals surface area contributed by atoms with Gasteiger partial charge in [-0.2, -0.15) is 0 Å². The minimum Gasteiger partial charge on any atom is -0.493 e. The molecule has 3 rings (SSSR count). The Labute approximate surface area is 149 Å². The Bertz CT molecular complexity index is 714. The zero-order chi connectivity index (χ0) is 17.8. The van der Waals surface area contributed by atoms with Crippen LogP contribution in [0.25, 0.3) is 11.5 Å². The van der Waals surface area contributed by atoms with E-state index >= 15 is 0 Å². The van der Waals surface area contributed by atoms with E-state index in [0.717, 1.165) is 49.6 Å². The Kier molecular flexibility index (Phi) is 5.60. The number of piperazine rings is 1. The molecule has 0 radical (unpaired) electrons. The maximum atomic E-state index is 5.92. The van der Waals surface area contributed by atoms with Crippen molar-refractivity contribution in [2.24, 2.45) is 0 Å².